The predicted octanol–water partition coefficient (Wildman–Crippen LogP) is 4.73. The number of benzene rings is 1. The molecule has 1 atom stereocenters. The minimum absolute atomic E-state index is 0.341. The van der Waals surface area contributed by atoms with Crippen LogP contribution in [0.2, 0.25) is 0 Å². The molecule has 0 N–H and O–H groups in total. The molecule has 1 rings (SSSR count). The Morgan fingerprint density at radius 2 is 1.67 bits per heavy atom. The van der Waals surface area contributed by atoms with Crippen molar-refractivity contribution < 1.29 is 22.0 Å². The molecule has 0 aliphatic carbocycles. The van der Waals surface area contributed by atoms with Gasteiger partial charge >= 0.3 is 6.18 Å². The van der Waals surface area contributed by atoms with E-state index in [9.17, 15) is 22.0 Å². The molecule has 0 heterocycles. The second-order valence-corrected chi connectivity index (χ2v) is 4.47. The third-order valence-electron chi connectivity index (χ3n) is 1.59. The average Bonchev–Trinajstić information content (AvgIpc) is 2.10. The van der Waals surface area contributed by atoms with Gasteiger partial charge in [-0.2, -0.15) is 13.2 Å². The van der Waals surface area contributed by atoms with Crippen molar-refractivity contribution in [2.45, 2.75) is 11.0 Å². The fourth-order valence-electron chi connectivity index (χ4n) is 0.910. The van der Waals surface area contributed by atoms with Gasteiger partial charge in [-0.15, -0.1) is 0 Å². The fraction of sp³-hybridized carbons (Fsp3) is 0.250. The molecule has 0 aromatic heterocycles. The Kier molecular flexibility index (Phi) is 3.76. The van der Waals surface area contributed by atoms with E-state index < -0.39 is 28.2 Å². The number of hydrogen-bond acceptors (Lipinski definition) is 0. The summed E-state index contributed by atoms with van der Waals surface area (Å²) in [5, 5.41) is 0. The molecule has 1 aromatic rings. The molecule has 0 fully saturated rings. The van der Waals surface area contributed by atoms with E-state index in [1.165, 1.54) is 0 Å². The smallest absolute Gasteiger partial charge is 0.204 e. The number of halogens is 7. The van der Waals surface area contributed by atoms with Crippen LogP contribution in [0.15, 0.2) is 16.6 Å². The molecule has 0 radical (unpaired) electrons. The van der Waals surface area contributed by atoms with Crippen LogP contribution in [-0.4, -0.2) is 6.18 Å². The first kappa shape index (κ1) is 12.9. The summed E-state index contributed by atoms with van der Waals surface area (Å²) in [6.45, 7) is 0. The molecule has 0 saturated carbocycles. The van der Waals surface area contributed by atoms with Gasteiger partial charge < -0.3 is 0 Å². The van der Waals surface area contributed by atoms with E-state index in [2.05, 4.69) is 31.9 Å². The highest BCUT2D eigenvalue weighted by atomic mass is 79.9. The number of alkyl halides is 4. The third kappa shape index (κ3) is 2.90. The topological polar surface area (TPSA) is 0 Å². The van der Waals surface area contributed by atoms with Crippen LogP contribution in [0.4, 0.5) is 22.0 Å². The van der Waals surface area contributed by atoms with Gasteiger partial charge in [-0.05, 0) is 33.6 Å². The highest BCUT2D eigenvalue weighted by Gasteiger charge is 2.39. The van der Waals surface area contributed by atoms with Gasteiger partial charge in [0.1, 0.15) is 4.83 Å². The van der Waals surface area contributed by atoms with E-state index in [1.54, 1.807) is 0 Å². The zero-order chi connectivity index (χ0) is 11.8. The lowest BCUT2D eigenvalue weighted by Gasteiger charge is -2.14. The first-order chi connectivity index (χ1) is 6.73. The lowest BCUT2D eigenvalue weighted by Crippen LogP contribution is -2.15. The molecule has 15 heavy (non-hydrogen) atoms. The number of rotatable bonds is 1. The maximum Gasteiger partial charge on any atom is 0.405 e. The van der Waals surface area contributed by atoms with Crippen molar-refractivity contribution >= 4 is 31.9 Å². The van der Waals surface area contributed by atoms with Gasteiger partial charge in [-0.1, -0.05) is 15.9 Å². The van der Waals surface area contributed by atoms with E-state index in [1.807, 2.05) is 0 Å². The molecule has 0 bridgehead atoms. The molecule has 0 nitrogen and oxygen atoms in total. The third-order valence-corrected chi connectivity index (χ3v) is 3.21. The summed E-state index contributed by atoms with van der Waals surface area (Å²) in [4.78, 5) is -2.02. The van der Waals surface area contributed by atoms with Crippen LogP contribution >= 0.6 is 31.9 Å². The van der Waals surface area contributed by atoms with Crippen molar-refractivity contribution in [2.24, 2.45) is 0 Å². The van der Waals surface area contributed by atoms with E-state index in [0.717, 1.165) is 6.07 Å². The summed E-state index contributed by atoms with van der Waals surface area (Å²) >= 11 is 4.99. The lowest BCUT2D eigenvalue weighted by atomic mass is 10.1. The SMILES string of the molecule is Fc1cc(C(Br)C(F)(F)F)cc(Br)c1F. The molecule has 0 saturated heterocycles. The molecule has 0 amide bonds. The average molecular weight is 354 g/mol. The predicted molar refractivity (Wildman–Crippen MR) is 51.8 cm³/mol. The van der Waals surface area contributed by atoms with Crippen LogP contribution < -0.4 is 0 Å². The molecule has 0 spiro atoms. The van der Waals surface area contributed by atoms with Crippen molar-refractivity contribution in [3.05, 3.63) is 33.8 Å². The Morgan fingerprint density at radius 1 is 1.13 bits per heavy atom. The molecular weight excluding hydrogens is 351 g/mol. The molecule has 0 aliphatic heterocycles. The molecule has 1 aromatic carbocycles. The maximum atomic E-state index is 12.8. The Hall–Kier alpha value is -0.170. The van der Waals surface area contributed by atoms with Gasteiger partial charge in [-0.3, -0.25) is 0 Å². The second kappa shape index (κ2) is 4.37. The van der Waals surface area contributed by atoms with Gasteiger partial charge in [0.2, 0.25) is 0 Å². The number of hydrogen-bond donors (Lipinski definition) is 0. The van der Waals surface area contributed by atoms with Crippen LogP contribution in [0.1, 0.15) is 10.4 Å². The fourth-order valence-corrected chi connectivity index (χ4v) is 1.63. The highest BCUT2D eigenvalue weighted by Crippen LogP contribution is 2.40. The summed E-state index contributed by atoms with van der Waals surface area (Å²) < 4.78 is 61.9. The van der Waals surface area contributed by atoms with E-state index in [0.29, 0.717) is 6.07 Å². The minimum Gasteiger partial charge on any atom is -0.204 e. The summed E-state index contributed by atoms with van der Waals surface area (Å²) in [6.07, 6.45) is -4.55. The molecule has 84 valence electrons. The van der Waals surface area contributed by atoms with E-state index in [4.69, 9.17) is 0 Å². The highest BCUT2D eigenvalue weighted by molar-refractivity contribution is 9.10. The Labute approximate surface area is 98.7 Å². The van der Waals surface area contributed by atoms with Gasteiger partial charge in [0.25, 0.3) is 0 Å². The van der Waals surface area contributed by atoms with Crippen LogP contribution in [0.3, 0.4) is 0 Å². The molecule has 0 aliphatic rings. The quantitative estimate of drug-likeness (QED) is 0.389. The van der Waals surface area contributed by atoms with Crippen molar-refractivity contribution in [1.29, 1.82) is 0 Å². The van der Waals surface area contributed by atoms with E-state index in [-0.39, 0.29) is 4.47 Å². The standard InChI is InChI=1S/C8H3Br2F5/c9-4-1-3(2-5(11)6(4)12)7(10)8(13,14)15/h1-2,7H. The largest absolute Gasteiger partial charge is 0.405 e. The molecule has 1 unspecified atom stereocenters. The zero-order valence-corrected chi connectivity index (χ0v) is 10.0. The van der Waals surface area contributed by atoms with Crippen LogP contribution in [0.25, 0.3) is 0 Å². The maximum absolute atomic E-state index is 12.8. The molecular formula is C8H3Br2F5. The first-order valence-corrected chi connectivity index (χ1v) is 5.29. The van der Waals surface area contributed by atoms with Crippen molar-refractivity contribution in [3.8, 4) is 0 Å². The summed E-state index contributed by atoms with van der Waals surface area (Å²) in [5.74, 6) is -2.53. The minimum atomic E-state index is -4.55. The Bertz CT molecular complexity index is 351. The van der Waals surface area contributed by atoms with Gasteiger partial charge in [0, 0.05) is 0 Å². The Morgan fingerprint density at radius 3 is 2.07 bits per heavy atom. The lowest BCUT2D eigenvalue weighted by molar-refractivity contribution is -0.128. The Balaban J connectivity index is 3.17. The monoisotopic (exact) mass is 352 g/mol. The van der Waals surface area contributed by atoms with Crippen LogP contribution in [-0.2, 0) is 0 Å². The van der Waals surface area contributed by atoms with Gasteiger partial charge in [0.15, 0.2) is 11.6 Å². The van der Waals surface area contributed by atoms with Crippen molar-refractivity contribution in [2.75, 3.05) is 0 Å². The summed E-state index contributed by atoms with van der Waals surface area (Å²) in [6, 6.07) is 1.39. The van der Waals surface area contributed by atoms with Crippen molar-refractivity contribution in [3.63, 3.8) is 0 Å². The summed E-state index contributed by atoms with van der Waals surface area (Å²) in [5.41, 5.74) is -0.395. The second-order valence-electron chi connectivity index (χ2n) is 2.70. The van der Waals surface area contributed by atoms with Gasteiger partial charge in [0.05, 0.1) is 4.47 Å². The van der Waals surface area contributed by atoms with E-state index >= 15 is 0 Å². The van der Waals surface area contributed by atoms with Crippen molar-refractivity contribution in [1.82, 2.24) is 0 Å². The van der Waals surface area contributed by atoms with Gasteiger partial charge in [-0.25, -0.2) is 8.78 Å². The zero-order valence-electron chi connectivity index (χ0n) is 6.88. The van der Waals surface area contributed by atoms with Crippen LogP contribution in [0, 0.1) is 11.6 Å². The first-order valence-electron chi connectivity index (χ1n) is 3.58. The normalized spacial score (nSPS) is 14.1. The summed E-state index contributed by atoms with van der Waals surface area (Å²) in [7, 11) is 0. The molecule has 7 heteroatoms. The van der Waals surface area contributed by atoms with Crippen LogP contribution in [0.5, 0.6) is 0 Å².